The molecule has 1 N–H and O–H groups in total. The summed E-state index contributed by atoms with van der Waals surface area (Å²) >= 11 is 0. The highest BCUT2D eigenvalue weighted by Crippen LogP contribution is 2.15. The number of sulfonamides is 1. The molecule has 1 rings (SSSR count). The van der Waals surface area contributed by atoms with Gasteiger partial charge in [0.25, 0.3) is 0 Å². The van der Waals surface area contributed by atoms with Crippen molar-refractivity contribution in [3.63, 3.8) is 0 Å². The first kappa shape index (κ1) is 20.0. The van der Waals surface area contributed by atoms with Crippen LogP contribution < -0.4 is 4.72 Å². The summed E-state index contributed by atoms with van der Waals surface area (Å²) in [5, 5.41) is 0. The van der Waals surface area contributed by atoms with Crippen LogP contribution in [-0.2, 0) is 10.0 Å². The molecule has 23 heavy (non-hydrogen) atoms. The van der Waals surface area contributed by atoms with Crippen LogP contribution in [0.3, 0.4) is 0 Å². The molecule has 1 aromatic rings. The highest BCUT2D eigenvalue weighted by atomic mass is 32.2. The van der Waals surface area contributed by atoms with Crippen molar-refractivity contribution >= 4 is 10.0 Å². The van der Waals surface area contributed by atoms with Crippen LogP contribution in [0.2, 0.25) is 0 Å². The molecule has 0 aliphatic heterocycles. The average molecular weight is 347 g/mol. The first-order valence-corrected chi connectivity index (χ1v) is 9.90. The summed E-state index contributed by atoms with van der Waals surface area (Å²) in [6.07, 6.45) is 10.2. The van der Waals surface area contributed by atoms with Gasteiger partial charge in [0.15, 0.2) is 0 Å². The first-order valence-electron chi connectivity index (χ1n) is 8.42. The van der Waals surface area contributed by atoms with E-state index in [4.69, 9.17) is 0 Å². The SMILES string of the molecule is CCCCCCCCCCCNS(=O)(=O)c1cc(F)ccc1F. The van der Waals surface area contributed by atoms with Crippen LogP contribution in [0.25, 0.3) is 0 Å². The van der Waals surface area contributed by atoms with Crippen LogP contribution >= 0.6 is 0 Å². The van der Waals surface area contributed by atoms with Crippen molar-refractivity contribution in [3.05, 3.63) is 29.8 Å². The molecular formula is C17H27F2NO2S. The van der Waals surface area contributed by atoms with E-state index in [1.807, 2.05) is 0 Å². The normalized spacial score (nSPS) is 11.8. The molecule has 0 spiro atoms. The number of benzene rings is 1. The third-order valence-electron chi connectivity index (χ3n) is 3.76. The minimum Gasteiger partial charge on any atom is -0.211 e. The lowest BCUT2D eigenvalue weighted by atomic mass is 10.1. The van der Waals surface area contributed by atoms with Crippen molar-refractivity contribution in [2.45, 2.75) is 69.6 Å². The summed E-state index contributed by atoms with van der Waals surface area (Å²) in [7, 11) is -3.99. The molecule has 0 aliphatic carbocycles. The Balaban J connectivity index is 2.21. The zero-order valence-electron chi connectivity index (χ0n) is 13.8. The van der Waals surface area contributed by atoms with Crippen LogP contribution in [0.15, 0.2) is 23.1 Å². The molecule has 0 aromatic heterocycles. The molecule has 0 saturated carbocycles. The topological polar surface area (TPSA) is 46.2 Å². The molecule has 132 valence electrons. The minimum absolute atomic E-state index is 0.244. The quantitative estimate of drug-likeness (QED) is 0.553. The fourth-order valence-corrected chi connectivity index (χ4v) is 3.56. The lowest BCUT2D eigenvalue weighted by Crippen LogP contribution is -2.25. The molecule has 0 fully saturated rings. The van der Waals surface area contributed by atoms with Crippen LogP contribution in [0, 0.1) is 11.6 Å². The number of nitrogens with one attached hydrogen (secondary N) is 1. The van der Waals surface area contributed by atoms with Crippen molar-refractivity contribution < 1.29 is 17.2 Å². The van der Waals surface area contributed by atoms with E-state index in [9.17, 15) is 17.2 Å². The monoisotopic (exact) mass is 347 g/mol. The van der Waals surface area contributed by atoms with E-state index in [1.165, 1.54) is 32.1 Å². The largest absolute Gasteiger partial charge is 0.243 e. The Morgan fingerprint density at radius 1 is 0.913 bits per heavy atom. The van der Waals surface area contributed by atoms with E-state index < -0.39 is 26.6 Å². The maximum atomic E-state index is 13.5. The fraction of sp³-hybridized carbons (Fsp3) is 0.647. The lowest BCUT2D eigenvalue weighted by molar-refractivity contribution is 0.538. The predicted octanol–water partition coefficient (Wildman–Crippen LogP) is 4.77. The predicted molar refractivity (Wildman–Crippen MR) is 88.8 cm³/mol. The van der Waals surface area contributed by atoms with E-state index in [0.717, 1.165) is 31.4 Å². The van der Waals surface area contributed by atoms with E-state index in [0.29, 0.717) is 12.5 Å². The molecule has 0 amide bonds. The average Bonchev–Trinajstić information content (AvgIpc) is 2.51. The molecule has 3 nitrogen and oxygen atoms in total. The van der Waals surface area contributed by atoms with Crippen molar-refractivity contribution in [2.24, 2.45) is 0 Å². The highest BCUT2D eigenvalue weighted by molar-refractivity contribution is 7.89. The van der Waals surface area contributed by atoms with Gasteiger partial charge in [-0.05, 0) is 24.6 Å². The lowest BCUT2D eigenvalue weighted by Gasteiger charge is -2.08. The smallest absolute Gasteiger partial charge is 0.211 e. The molecule has 0 heterocycles. The van der Waals surface area contributed by atoms with Gasteiger partial charge in [0, 0.05) is 6.54 Å². The number of hydrogen-bond donors (Lipinski definition) is 1. The molecule has 0 saturated heterocycles. The number of rotatable bonds is 12. The minimum atomic E-state index is -3.99. The van der Waals surface area contributed by atoms with Gasteiger partial charge in [-0.2, -0.15) is 0 Å². The van der Waals surface area contributed by atoms with Crippen LogP contribution in [-0.4, -0.2) is 15.0 Å². The second kappa shape index (κ2) is 10.7. The standard InChI is InChI=1S/C17H27F2NO2S/c1-2-3-4-5-6-7-8-9-10-13-20-23(21,22)17-14-15(18)11-12-16(17)19/h11-12,14,20H,2-10,13H2,1H3. The van der Waals surface area contributed by atoms with Gasteiger partial charge in [0.1, 0.15) is 16.5 Å². The molecule has 0 radical (unpaired) electrons. The van der Waals surface area contributed by atoms with Crippen molar-refractivity contribution in [1.82, 2.24) is 4.72 Å². The number of halogens is 2. The third-order valence-corrected chi connectivity index (χ3v) is 5.23. The molecule has 0 atom stereocenters. The summed E-state index contributed by atoms with van der Waals surface area (Å²) in [6.45, 7) is 2.44. The summed E-state index contributed by atoms with van der Waals surface area (Å²) in [6, 6.07) is 2.42. The zero-order chi connectivity index (χ0) is 17.1. The third kappa shape index (κ3) is 7.88. The summed E-state index contributed by atoms with van der Waals surface area (Å²) in [5.41, 5.74) is 0. The molecule has 0 unspecified atom stereocenters. The van der Waals surface area contributed by atoms with Gasteiger partial charge >= 0.3 is 0 Å². The van der Waals surface area contributed by atoms with E-state index >= 15 is 0 Å². The maximum absolute atomic E-state index is 13.5. The van der Waals surface area contributed by atoms with Crippen molar-refractivity contribution in [3.8, 4) is 0 Å². The Labute approximate surface area is 138 Å². The second-order valence-corrected chi connectivity index (χ2v) is 7.54. The maximum Gasteiger partial charge on any atom is 0.243 e. The Morgan fingerprint density at radius 3 is 2.09 bits per heavy atom. The number of unbranched alkanes of at least 4 members (excludes halogenated alkanes) is 8. The van der Waals surface area contributed by atoms with Gasteiger partial charge in [-0.1, -0.05) is 58.3 Å². The van der Waals surface area contributed by atoms with E-state index in [-0.39, 0.29) is 6.54 Å². The van der Waals surface area contributed by atoms with Gasteiger partial charge in [-0.15, -0.1) is 0 Å². The highest BCUT2D eigenvalue weighted by Gasteiger charge is 2.19. The summed E-state index contributed by atoms with van der Waals surface area (Å²) < 4.78 is 52.7. The first-order chi connectivity index (χ1) is 11.0. The van der Waals surface area contributed by atoms with Gasteiger partial charge in [-0.3, -0.25) is 0 Å². The van der Waals surface area contributed by atoms with E-state index in [1.54, 1.807) is 0 Å². The van der Waals surface area contributed by atoms with E-state index in [2.05, 4.69) is 11.6 Å². The van der Waals surface area contributed by atoms with Crippen LogP contribution in [0.1, 0.15) is 64.7 Å². The second-order valence-electron chi connectivity index (χ2n) is 5.80. The van der Waals surface area contributed by atoms with Gasteiger partial charge < -0.3 is 0 Å². The van der Waals surface area contributed by atoms with Crippen LogP contribution in [0.5, 0.6) is 0 Å². The summed E-state index contributed by atoms with van der Waals surface area (Å²) in [4.78, 5) is -0.631. The van der Waals surface area contributed by atoms with Crippen molar-refractivity contribution in [1.29, 1.82) is 0 Å². The van der Waals surface area contributed by atoms with Gasteiger partial charge in [0.05, 0.1) is 0 Å². The Bertz CT molecular complexity index is 562. The number of hydrogen-bond acceptors (Lipinski definition) is 2. The van der Waals surface area contributed by atoms with Gasteiger partial charge in [0.2, 0.25) is 10.0 Å². The molecular weight excluding hydrogens is 320 g/mol. The fourth-order valence-electron chi connectivity index (χ4n) is 2.40. The van der Waals surface area contributed by atoms with Crippen LogP contribution in [0.4, 0.5) is 8.78 Å². The Hall–Kier alpha value is -1.01. The molecule has 1 aromatic carbocycles. The zero-order valence-corrected chi connectivity index (χ0v) is 14.6. The summed E-state index contributed by atoms with van der Waals surface area (Å²) in [5.74, 6) is -1.71. The molecule has 6 heteroatoms. The Kier molecular flexibility index (Phi) is 9.33. The molecule has 0 aliphatic rings. The van der Waals surface area contributed by atoms with Crippen molar-refractivity contribution in [2.75, 3.05) is 6.54 Å². The molecule has 0 bridgehead atoms. The Morgan fingerprint density at radius 2 is 1.48 bits per heavy atom. The van der Waals surface area contributed by atoms with Gasteiger partial charge in [-0.25, -0.2) is 21.9 Å².